The van der Waals surface area contributed by atoms with Crippen LogP contribution in [-0.4, -0.2) is 39.2 Å². The van der Waals surface area contributed by atoms with Crippen LogP contribution in [0.25, 0.3) is 5.69 Å². The number of carbonyl (C=O) groups is 1. The second-order valence-corrected chi connectivity index (χ2v) is 6.11. The predicted molar refractivity (Wildman–Crippen MR) is 81.9 cm³/mol. The maximum Gasteiger partial charge on any atom is 0.273 e. The topological polar surface area (TPSA) is 80.0 Å². The minimum Gasteiger partial charge on any atom is -0.396 e. The smallest absolute Gasteiger partial charge is 0.273 e. The fourth-order valence-corrected chi connectivity index (χ4v) is 2.39. The first-order valence-electron chi connectivity index (χ1n) is 7.43. The average molecular weight is 300 g/mol. The Kier molecular flexibility index (Phi) is 3.70. The van der Waals surface area contributed by atoms with Crippen LogP contribution in [0.3, 0.4) is 0 Å². The van der Waals surface area contributed by atoms with Gasteiger partial charge in [0.05, 0.1) is 18.0 Å². The van der Waals surface area contributed by atoms with E-state index in [-0.39, 0.29) is 17.9 Å². The molecule has 1 aromatic carbocycles. The number of carbonyl (C=O) groups excluding carboxylic acids is 1. The van der Waals surface area contributed by atoms with Crippen LogP contribution in [-0.2, 0) is 0 Å². The average Bonchev–Trinajstić information content (AvgIpc) is 3.22. The van der Waals surface area contributed by atoms with Gasteiger partial charge in [0.15, 0.2) is 5.69 Å². The van der Waals surface area contributed by atoms with Gasteiger partial charge in [-0.3, -0.25) is 4.79 Å². The molecule has 1 aromatic heterocycles. The second kappa shape index (κ2) is 5.53. The summed E-state index contributed by atoms with van der Waals surface area (Å²) in [7, 11) is 0. The molecule has 1 amide bonds. The summed E-state index contributed by atoms with van der Waals surface area (Å²) >= 11 is 0. The van der Waals surface area contributed by atoms with Crippen molar-refractivity contribution < 1.29 is 9.90 Å². The molecule has 0 radical (unpaired) electrons. The Labute approximate surface area is 129 Å². The maximum absolute atomic E-state index is 12.2. The SMILES string of the molecule is Cc1ccc(-n2nnc(C(=O)NCC3(CO)CC3)c2C)cc1. The molecule has 0 bridgehead atoms. The lowest BCUT2D eigenvalue weighted by atomic mass is 10.1. The Bertz CT molecular complexity index is 687. The highest BCUT2D eigenvalue weighted by Crippen LogP contribution is 2.44. The van der Waals surface area contributed by atoms with Gasteiger partial charge < -0.3 is 10.4 Å². The minimum atomic E-state index is -0.240. The minimum absolute atomic E-state index is 0.113. The number of aliphatic hydroxyl groups is 1. The van der Waals surface area contributed by atoms with E-state index in [1.165, 1.54) is 5.56 Å². The Hall–Kier alpha value is -2.21. The van der Waals surface area contributed by atoms with Crippen LogP contribution in [0.5, 0.6) is 0 Å². The number of hydrogen-bond acceptors (Lipinski definition) is 4. The molecule has 1 aliphatic carbocycles. The molecule has 1 saturated carbocycles. The highest BCUT2D eigenvalue weighted by atomic mass is 16.3. The zero-order valence-corrected chi connectivity index (χ0v) is 12.8. The molecule has 1 heterocycles. The van der Waals surface area contributed by atoms with Crippen molar-refractivity contribution in [3.8, 4) is 5.69 Å². The molecule has 2 aromatic rings. The normalized spacial score (nSPS) is 15.6. The monoisotopic (exact) mass is 300 g/mol. The highest BCUT2D eigenvalue weighted by Gasteiger charge is 2.42. The van der Waals surface area contributed by atoms with Crippen LogP contribution in [0.1, 0.15) is 34.6 Å². The van der Waals surface area contributed by atoms with E-state index in [1.54, 1.807) is 4.68 Å². The molecule has 22 heavy (non-hydrogen) atoms. The van der Waals surface area contributed by atoms with Crippen LogP contribution in [0.2, 0.25) is 0 Å². The number of rotatable bonds is 5. The highest BCUT2D eigenvalue weighted by molar-refractivity contribution is 5.93. The first-order chi connectivity index (χ1) is 10.5. The molecule has 3 rings (SSSR count). The van der Waals surface area contributed by atoms with Crippen molar-refractivity contribution in [3.63, 3.8) is 0 Å². The number of hydrogen-bond donors (Lipinski definition) is 2. The Morgan fingerprint density at radius 1 is 1.32 bits per heavy atom. The maximum atomic E-state index is 12.2. The second-order valence-electron chi connectivity index (χ2n) is 6.11. The third-order valence-corrected chi connectivity index (χ3v) is 4.30. The number of nitrogens with one attached hydrogen (secondary N) is 1. The van der Waals surface area contributed by atoms with Crippen LogP contribution in [0.15, 0.2) is 24.3 Å². The number of aryl methyl sites for hydroxylation is 1. The molecule has 116 valence electrons. The third kappa shape index (κ3) is 2.74. The van der Waals surface area contributed by atoms with Gasteiger partial charge in [-0.2, -0.15) is 0 Å². The summed E-state index contributed by atoms with van der Waals surface area (Å²) in [5.74, 6) is -0.240. The molecule has 0 aliphatic heterocycles. The van der Waals surface area contributed by atoms with E-state index in [0.29, 0.717) is 17.9 Å². The van der Waals surface area contributed by atoms with E-state index in [9.17, 15) is 9.90 Å². The summed E-state index contributed by atoms with van der Waals surface area (Å²) < 4.78 is 1.66. The van der Waals surface area contributed by atoms with Crippen molar-refractivity contribution in [2.24, 2.45) is 5.41 Å². The van der Waals surface area contributed by atoms with Crippen LogP contribution in [0, 0.1) is 19.3 Å². The summed E-state index contributed by atoms with van der Waals surface area (Å²) in [5, 5.41) is 20.2. The summed E-state index contributed by atoms with van der Waals surface area (Å²) in [5.41, 5.74) is 2.96. The fraction of sp³-hybridized carbons (Fsp3) is 0.438. The fourth-order valence-electron chi connectivity index (χ4n) is 2.39. The molecule has 6 nitrogen and oxygen atoms in total. The van der Waals surface area contributed by atoms with Crippen molar-refractivity contribution in [3.05, 3.63) is 41.2 Å². The van der Waals surface area contributed by atoms with Crippen molar-refractivity contribution in [1.82, 2.24) is 20.3 Å². The lowest BCUT2D eigenvalue weighted by Crippen LogP contribution is -2.32. The molecule has 1 aliphatic rings. The van der Waals surface area contributed by atoms with E-state index < -0.39 is 0 Å². The van der Waals surface area contributed by atoms with Gasteiger partial charge in [-0.05, 0) is 38.8 Å². The molecule has 6 heteroatoms. The molecule has 2 N–H and O–H groups in total. The van der Waals surface area contributed by atoms with E-state index in [4.69, 9.17) is 0 Å². The predicted octanol–water partition coefficient (Wildman–Crippen LogP) is 1.39. The number of amides is 1. The summed E-state index contributed by atoms with van der Waals surface area (Å²) in [6.07, 6.45) is 1.91. The molecular weight excluding hydrogens is 280 g/mol. The van der Waals surface area contributed by atoms with Gasteiger partial charge in [-0.25, -0.2) is 4.68 Å². The van der Waals surface area contributed by atoms with E-state index in [1.807, 2.05) is 38.1 Å². The summed E-state index contributed by atoms with van der Waals surface area (Å²) in [6.45, 7) is 4.45. The molecule has 0 spiro atoms. The van der Waals surface area contributed by atoms with Crippen LogP contribution < -0.4 is 5.32 Å². The van der Waals surface area contributed by atoms with Crippen LogP contribution in [0.4, 0.5) is 0 Å². The Morgan fingerprint density at radius 3 is 2.59 bits per heavy atom. The van der Waals surface area contributed by atoms with Gasteiger partial charge in [0, 0.05) is 12.0 Å². The van der Waals surface area contributed by atoms with Crippen molar-refractivity contribution in [2.75, 3.05) is 13.2 Å². The Balaban J connectivity index is 1.75. The quantitative estimate of drug-likeness (QED) is 0.874. The van der Waals surface area contributed by atoms with Crippen molar-refractivity contribution in [1.29, 1.82) is 0 Å². The number of aromatic nitrogens is 3. The molecule has 0 saturated heterocycles. The zero-order chi connectivity index (χ0) is 15.7. The molecular formula is C16H20N4O2. The third-order valence-electron chi connectivity index (χ3n) is 4.30. The molecule has 0 atom stereocenters. The molecule has 0 unspecified atom stereocenters. The van der Waals surface area contributed by atoms with Gasteiger partial charge in [0.25, 0.3) is 5.91 Å². The van der Waals surface area contributed by atoms with Gasteiger partial charge in [-0.15, -0.1) is 5.10 Å². The lowest BCUT2D eigenvalue weighted by Gasteiger charge is -2.12. The van der Waals surface area contributed by atoms with Crippen LogP contribution >= 0.6 is 0 Å². The number of nitrogens with zero attached hydrogens (tertiary/aromatic N) is 3. The zero-order valence-electron chi connectivity index (χ0n) is 12.8. The summed E-state index contributed by atoms with van der Waals surface area (Å²) in [6, 6.07) is 7.88. The van der Waals surface area contributed by atoms with Crippen molar-refractivity contribution in [2.45, 2.75) is 26.7 Å². The first kappa shape index (κ1) is 14.7. The van der Waals surface area contributed by atoms with Gasteiger partial charge in [0.2, 0.25) is 0 Å². The van der Waals surface area contributed by atoms with Gasteiger partial charge in [-0.1, -0.05) is 22.9 Å². The lowest BCUT2D eigenvalue weighted by molar-refractivity contribution is 0.0929. The Morgan fingerprint density at radius 2 is 2.00 bits per heavy atom. The summed E-state index contributed by atoms with van der Waals surface area (Å²) in [4.78, 5) is 12.2. The van der Waals surface area contributed by atoms with E-state index >= 15 is 0 Å². The number of aliphatic hydroxyl groups excluding tert-OH is 1. The largest absolute Gasteiger partial charge is 0.396 e. The van der Waals surface area contributed by atoms with Gasteiger partial charge in [0.1, 0.15) is 0 Å². The standard InChI is InChI=1S/C16H20N4O2/c1-11-3-5-13(6-4-11)20-12(2)14(18-19-20)15(22)17-9-16(10-21)7-8-16/h3-6,21H,7-10H2,1-2H3,(H,17,22). The van der Waals surface area contributed by atoms with Crippen molar-refractivity contribution >= 4 is 5.91 Å². The van der Waals surface area contributed by atoms with E-state index in [0.717, 1.165) is 18.5 Å². The van der Waals surface area contributed by atoms with Gasteiger partial charge >= 0.3 is 0 Å². The number of benzene rings is 1. The molecule has 1 fully saturated rings. The van der Waals surface area contributed by atoms with E-state index in [2.05, 4.69) is 15.6 Å². The first-order valence-corrected chi connectivity index (χ1v) is 7.43.